The second kappa shape index (κ2) is 5.53. The molecule has 0 amide bonds. The maximum Gasteiger partial charge on any atom is 0.145 e. The Morgan fingerprint density at radius 1 is 0.833 bits per heavy atom. The number of anilines is 1. The van der Waals surface area contributed by atoms with Gasteiger partial charge in [-0.25, -0.2) is 4.98 Å². The van der Waals surface area contributed by atoms with Crippen molar-refractivity contribution in [2.75, 3.05) is 5.73 Å². The lowest BCUT2D eigenvalue weighted by molar-refractivity contribution is 1.09. The number of hydrogen-bond donors (Lipinski definition) is 1. The molecular weight excluding hydrogens is 294 g/mol. The van der Waals surface area contributed by atoms with Gasteiger partial charge >= 0.3 is 0 Å². The van der Waals surface area contributed by atoms with E-state index in [1.807, 2.05) is 36.4 Å². The fraction of sp³-hybridized carbons (Fsp3) is 0.0952. The summed E-state index contributed by atoms with van der Waals surface area (Å²) in [5.74, 6) is 0.909. The zero-order valence-corrected chi connectivity index (χ0v) is 13.8. The monoisotopic (exact) mass is 313 g/mol. The summed E-state index contributed by atoms with van der Waals surface area (Å²) in [7, 11) is 0. The summed E-state index contributed by atoms with van der Waals surface area (Å²) < 4.78 is 2.20. The van der Waals surface area contributed by atoms with Crippen molar-refractivity contribution >= 4 is 16.7 Å². The van der Waals surface area contributed by atoms with Gasteiger partial charge in [-0.15, -0.1) is 0 Å². The van der Waals surface area contributed by atoms with E-state index in [0.29, 0.717) is 0 Å². The third-order valence-electron chi connectivity index (χ3n) is 4.45. The summed E-state index contributed by atoms with van der Waals surface area (Å²) in [6.45, 7) is 4.27. The van der Waals surface area contributed by atoms with Gasteiger partial charge in [-0.05, 0) is 61.4 Å². The molecule has 3 nitrogen and oxygen atoms in total. The van der Waals surface area contributed by atoms with Crippen LogP contribution < -0.4 is 5.73 Å². The Balaban J connectivity index is 2.05. The zero-order valence-electron chi connectivity index (χ0n) is 13.8. The number of benzene rings is 3. The lowest BCUT2D eigenvalue weighted by atomic mass is 10.1. The van der Waals surface area contributed by atoms with Crippen LogP contribution in [0.2, 0.25) is 0 Å². The first-order valence-electron chi connectivity index (χ1n) is 8.04. The van der Waals surface area contributed by atoms with E-state index in [1.54, 1.807) is 0 Å². The van der Waals surface area contributed by atoms with Gasteiger partial charge in [0.1, 0.15) is 5.82 Å². The van der Waals surface area contributed by atoms with Crippen LogP contribution in [0.25, 0.3) is 28.1 Å². The quantitative estimate of drug-likeness (QED) is 0.535. The first-order chi connectivity index (χ1) is 11.6. The number of hydrogen-bond acceptors (Lipinski definition) is 2. The number of aryl methyl sites for hydroxylation is 2. The molecule has 1 aromatic heterocycles. The maximum atomic E-state index is 5.99. The molecule has 0 aliphatic heterocycles. The van der Waals surface area contributed by atoms with Gasteiger partial charge in [0.2, 0.25) is 0 Å². The topological polar surface area (TPSA) is 43.8 Å². The Kier molecular flexibility index (Phi) is 3.35. The van der Waals surface area contributed by atoms with Crippen LogP contribution in [0.1, 0.15) is 11.1 Å². The molecule has 0 aliphatic carbocycles. The van der Waals surface area contributed by atoms with Crippen molar-refractivity contribution in [1.29, 1.82) is 0 Å². The van der Waals surface area contributed by atoms with E-state index in [1.165, 1.54) is 11.1 Å². The maximum absolute atomic E-state index is 5.99. The molecule has 0 aliphatic rings. The lowest BCUT2D eigenvalue weighted by Crippen LogP contribution is -1.99. The zero-order chi connectivity index (χ0) is 16.7. The highest BCUT2D eigenvalue weighted by Gasteiger charge is 2.14. The van der Waals surface area contributed by atoms with Crippen molar-refractivity contribution in [2.45, 2.75) is 13.8 Å². The predicted molar refractivity (Wildman–Crippen MR) is 100 cm³/mol. The van der Waals surface area contributed by atoms with E-state index >= 15 is 0 Å². The molecular formula is C21H19N3. The lowest BCUT2D eigenvalue weighted by Gasteiger charge is -2.12. The number of para-hydroxylation sites is 2. The largest absolute Gasteiger partial charge is 0.399 e. The minimum absolute atomic E-state index is 0.742. The third kappa shape index (κ3) is 2.35. The molecule has 118 valence electrons. The number of fused-ring (bicyclic) bond motifs is 1. The Morgan fingerprint density at radius 3 is 2.46 bits per heavy atom. The van der Waals surface area contributed by atoms with Crippen molar-refractivity contribution in [3.05, 3.63) is 77.9 Å². The number of aromatic nitrogens is 2. The summed E-state index contributed by atoms with van der Waals surface area (Å²) >= 11 is 0. The number of imidazole rings is 1. The molecule has 24 heavy (non-hydrogen) atoms. The average molecular weight is 313 g/mol. The van der Waals surface area contributed by atoms with Gasteiger partial charge in [-0.2, -0.15) is 0 Å². The minimum atomic E-state index is 0.742. The highest BCUT2D eigenvalue weighted by Crippen LogP contribution is 2.30. The second-order valence-electron chi connectivity index (χ2n) is 6.15. The van der Waals surface area contributed by atoms with E-state index in [0.717, 1.165) is 33.8 Å². The van der Waals surface area contributed by atoms with Gasteiger partial charge in [-0.3, -0.25) is 4.57 Å². The molecule has 2 N–H and O–H groups in total. The van der Waals surface area contributed by atoms with Gasteiger partial charge in [0, 0.05) is 16.9 Å². The molecule has 0 saturated carbocycles. The second-order valence-corrected chi connectivity index (χ2v) is 6.15. The summed E-state index contributed by atoms with van der Waals surface area (Å²) in [4.78, 5) is 4.86. The first-order valence-corrected chi connectivity index (χ1v) is 8.04. The molecule has 3 heteroatoms. The van der Waals surface area contributed by atoms with Crippen LogP contribution in [0.5, 0.6) is 0 Å². The smallest absolute Gasteiger partial charge is 0.145 e. The van der Waals surface area contributed by atoms with Crippen LogP contribution in [0.4, 0.5) is 5.69 Å². The van der Waals surface area contributed by atoms with Crippen LogP contribution in [-0.2, 0) is 0 Å². The number of nitrogens with two attached hydrogens (primary N) is 1. The van der Waals surface area contributed by atoms with Gasteiger partial charge in [-0.1, -0.05) is 30.3 Å². The molecule has 0 radical (unpaired) electrons. The fourth-order valence-corrected chi connectivity index (χ4v) is 3.02. The standard InChI is InChI=1S/C21H19N3/c1-14-10-11-18(12-15(14)2)24-20-9-4-3-8-19(20)23-21(24)16-6-5-7-17(22)13-16/h3-13H,22H2,1-2H3. The molecule has 0 unspecified atom stereocenters. The Bertz CT molecular complexity index is 1040. The van der Waals surface area contributed by atoms with E-state index in [9.17, 15) is 0 Å². The van der Waals surface area contributed by atoms with Gasteiger partial charge in [0.05, 0.1) is 11.0 Å². The van der Waals surface area contributed by atoms with Crippen LogP contribution in [0.15, 0.2) is 66.7 Å². The Hall–Kier alpha value is -3.07. The highest BCUT2D eigenvalue weighted by molar-refractivity contribution is 5.83. The molecule has 4 aromatic rings. The third-order valence-corrected chi connectivity index (χ3v) is 4.45. The van der Waals surface area contributed by atoms with E-state index < -0.39 is 0 Å². The van der Waals surface area contributed by atoms with E-state index in [-0.39, 0.29) is 0 Å². The van der Waals surface area contributed by atoms with Crippen LogP contribution >= 0.6 is 0 Å². The van der Waals surface area contributed by atoms with Gasteiger partial charge in [0.15, 0.2) is 0 Å². The molecule has 1 heterocycles. The van der Waals surface area contributed by atoms with Crippen molar-refractivity contribution in [2.24, 2.45) is 0 Å². The van der Waals surface area contributed by atoms with Crippen molar-refractivity contribution in [3.8, 4) is 17.1 Å². The molecule has 0 fully saturated rings. The highest BCUT2D eigenvalue weighted by atomic mass is 15.1. The van der Waals surface area contributed by atoms with Crippen LogP contribution in [0, 0.1) is 13.8 Å². The summed E-state index contributed by atoms with van der Waals surface area (Å²) in [5, 5.41) is 0. The molecule has 0 saturated heterocycles. The predicted octanol–water partition coefficient (Wildman–Crippen LogP) is 4.89. The van der Waals surface area contributed by atoms with Crippen molar-refractivity contribution in [1.82, 2.24) is 9.55 Å². The first kappa shape index (κ1) is 14.5. The SMILES string of the molecule is Cc1ccc(-n2c(-c3cccc(N)c3)nc3ccccc32)cc1C. The number of rotatable bonds is 2. The van der Waals surface area contributed by atoms with E-state index in [2.05, 4.69) is 48.7 Å². The normalized spacial score (nSPS) is 11.1. The molecule has 0 bridgehead atoms. The average Bonchev–Trinajstić information content (AvgIpc) is 2.97. The van der Waals surface area contributed by atoms with Gasteiger partial charge in [0.25, 0.3) is 0 Å². The van der Waals surface area contributed by atoms with E-state index in [4.69, 9.17) is 10.7 Å². The molecule has 0 spiro atoms. The van der Waals surface area contributed by atoms with Crippen molar-refractivity contribution in [3.63, 3.8) is 0 Å². The fourth-order valence-electron chi connectivity index (χ4n) is 3.02. The summed E-state index contributed by atoms with van der Waals surface area (Å²) in [5.41, 5.74) is 13.5. The Labute approximate surface area is 141 Å². The minimum Gasteiger partial charge on any atom is -0.399 e. The van der Waals surface area contributed by atoms with Crippen LogP contribution in [0.3, 0.4) is 0 Å². The van der Waals surface area contributed by atoms with Gasteiger partial charge < -0.3 is 5.73 Å². The Morgan fingerprint density at radius 2 is 1.67 bits per heavy atom. The number of nitrogen functional groups attached to an aromatic ring is 1. The van der Waals surface area contributed by atoms with Crippen molar-refractivity contribution < 1.29 is 0 Å². The van der Waals surface area contributed by atoms with Crippen LogP contribution in [-0.4, -0.2) is 9.55 Å². The number of nitrogens with zero attached hydrogens (tertiary/aromatic N) is 2. The molecule has 0 atom stereocenters. The summed E-state index contributed by atoms with van der Waals surface area (Å²) in [6, 6.07) is 22.6. The molecule has 3 aromatic carbocycles. The molecule has 4 rings (SSSR count). The summed E-state index contributed by atoms with van der Waals surface area (Å²) in [6.07, 6.45) is 0.